The van der Waals surface area contributed by atoms with Crippen LogP contribution in [0.25, 0.3) is 5.69 Å². The maximum Gasteiger partial charge on any atom is 0.251 e. The minimum atomic E-state index is -0.535. The largest absolute Gasteiger partial charge is 0.379 e. The molecule has 2 aromatic rings. The third kappa shape index (κ3) is 4.85. The highest BCUT2D eigenvalue weighted by atomic mass is 19.1. The zero-order valence-electron chi connectivity index (χ0n) is 13.5. The van der Waals surface area contributed by atoms with Gasteiger partial charge in [-0.25, -0.2) is 14.1 Å². The predicted molar refractivity (Wildman–Crippen MR) is 83.9 cm³/mol. The van der Waals surface area contributed by atoms with Crippen LogP contribution < -0.4 is 5.32 Å². The molecule has 0 saturated carbocycles. The van der Waals surface area contributed by atoms with Crippen LogP contribution in [0.5, 0.6) is 0 Å². The van der Waals surface area contributed by atoms with Gasteiger partial charge in [-0.15, -0.1) is 0 Å². The molecule has 1 aromatic heterocycles. The van der Waals surface area contributed by atoms with E-state index in [0.717, 1.165) is 0 Å². The average molecular weight is 320 g/mol. The predicted octanol–water partition coefficient (Wildman–Crippen LogP) is 2.20. The van der Waals surface area contributed by atoms with Gasteiger partial charge in [-0.1, -0.05) is 13.8 Å². The highest BCUT2D eigenvalue weighted by Crippen LogP contribution is 2.14. The molecule has 0 spiro atoms. The summed E-state index contributed by atoms with van der Waals surface area (Å²) >= 11 is 0. The van der Waals surface area contributed by atoms with Crippen molar-refractivity contribution in [1.82, 2.24) is 20.1 Å². The number of nitrogens with one attached hydrogen (secondary N) is 1. The number of hydrogen-bond acceptors (Lipinski definition) is 4. The zero-order chi connectivity index (χ0) is 16.8. The lowest BCUT2D eigenvalue weighted by molar-refractivity contribution is 0.0791. The Kier molecular flexibility index (Phi) is 5.81. The summed E-state index contributed by atoms with van der Waals surface area (Å²) in [7, 11) is 0. The molecule has 23 heavy (non-hydrogen) atoms. The fourth-order valence-electron chi connectivity index (χ4n) is 2.00. The molecule has 1 aromatic carbocycles. The van der Waals surface area contributed by atoms with E-state index in [1.807, 2.05) is 6.92 Å². The fourth-order valence-corrected chi connectivity index (χ4v) is 2.00. The van der Waals surface area contributed by atoms with Gasteiger partial charge in [0, 0.05) is 18.2 Å². The lowest BCUT2D eigenvalue weighted by atomic mass is 10.1. The highest BCUT2D eigenvalue weighted by Gasteiger charge is 2.13. The Morgan fingerprint density at radius 2 is 2.13 bits per heavy atom. The van der Waals surface area contributed by atoms with E-state index in [4.69, 9.17) is 4.74 Å². The number of halogens is 1. The SMILES string of the molecule is CC(C)COC[C@H](C)NC(=O)c1ccc(-n2cncn2)c(F)c1. The van der Waals surface area contributed by atoms with Crippen LogP contribution in [0.1, 0.15) is 31.1 Å². The van der Waals surface area contributed by atoms with E-state index in [-0.39, 0.29) is 23.2 Å². The van der Waals surface area contributed by atoms with Gasteiger partial charge in [0.25, 0.3) is 5.91 Å². The minimum Gasteiger partial charge on any atom is -0.379 e. The van der Waals surface area contributed by atoms with Gasteiger partial charge in [0.1, 0.15) is 24.2 Å². The number of nitrogens with zero attached hydrogens (tertiary/aromatic N) is 3. The molecule has 124 valence electrons. The molecule has 0 fully saturated rings. The molecule has 1 atom stereocenters. The molecule has 0 aliphatic heterocycles. The summed E-state index contributed by atoms with van der Waals surface area (Å²) in [4.78, 5) is 15.9. The van der Waals surface area contributed by atoms with E-state index in [1.165, 1.54) is 29.5 Å². The second kappa shape index (κ2) is 7.82. The Morgan fingerprint density at radius 3 is 2.74 bits per heavy atom. The van der Waals surface area contributed by atoms with Crippen LogP contribution in [-0.2, 0) is 4.74 Å². The van der Waals surface area contributed by atoms with E-state index < -0.39 is 5.82 Å². The smallest absolute Gasteiger partial charge is 0.251 e. The first-order chi connectivity index (χ1) is 11.0. The van der Waals surface area contributed by atoms with E-state index in [1.54, 1.807) is 6.07 Å². The van der Waals surface area contributed by atoms with Crippen molar-refractivity contribution in [3.8, 4) is 5.69 Å². The average Bonchev–Trinajstić information content (AvgIpc) is 3.00. The van der Waals surface area contributed by atoms with Crippen molar-refractivity contribution < 1.29 is 13.9 Å². The van der Waals surface area contributed by atoms with Crippen LogP contribution in [0.4, 0.5) is 4.39 Å². The number of carbonyl (C=O) groups is 1. The summed E-state index contributed by atoms with van der Waals surface area (Å²) < 4.78 is 20.9. The molecule has 0 radical (unpaired) electrons. The van der Waals surface area contributed by atoms with Crippen molar-refractivity contribution >= 4 is 5.91 Å². The Balaban J connectivity index is 1.96. The lowest BCUT2D eigenvalue weighted by Crippen LogP contribution is -2.36. The van der Waals surface area contributed by atoms with Gasteiger partial charge in [0.2, 0.25) is 0 Å². The molecule has 0 bridgehead atoms. The summed E-state index contributed by atoms with van der Waals surface area (Å²) in [5.74, 6) is -0.433. The first kappa shape index (κ1) is 17.1. The number of hydrogen-bond donors (Lipinski definition) is 1. The quantitative estimate of drug-likeness (QED) is 0.849. The minimum absolute atomic E-state index is 0.153. The van der Waals surface area contributed by atoms with Crippen molar-refractivity contribution in [3.63, 3.8) is 0 Å². The molecule has 6 nitrogen and oxygen atoms in total. The van der Waals surface area contributed by atoms with Crippen molar-refractivity contribution in [2.45, 2.75) is 26.8 Å². The highest BCUT2D eigenvalue weighted by molar-refractivity contribution is 5.94. The molecule has 0 aliphatic carbocycles. The standard InChI is InChI=1S/C16H21FN4O2/c1-11(2)7-23-8-12(3)20-16(22)13-4-5-15(14(17)6-13)21-10-18-9-19-21/h4-6,9-12H,7-8H2,1-3H3,(H,20,22)/t12-/m0/s1. The first-order valence-electron chi connectivity index (χ1n) is 7.50. The molecule has 1 N–H and O–H groups in total. The second-order valence-electron chi connectivity index (χ2n) is 5.81. The summed E-state index contributed by atoms with van der Waals surface area (Å²) in [5.41, 5.74) is 0.495. The van der Waals surface area contributed by atoms with Crippen molar-refractivity contribution in [3.05, 3.63) is 42.2 Å². The topological polar surface area (TPSA) is 69.0 Å². The summed E-state index contributed by atoms with van der Waals surface area (Å²) in [6.07, 6.45) is 2.71. The third-order valence-electron chi connectivity index (χ3n) is 3.07. The third-order valence-corrected chi connectivity index (χ3v) is 3.07. The van der Waals surface area contributed by atoms with Gasteiger partial charge in [0.05, 0.1) is 6.61 Å². The first-order valence-corrected chi connectivity index (χ1v) is 7.50. The number of carbonyl (C=O) groups excluding carboxylic acids is 1. The van der Waals surface area contributed by atoms with Crippen molar-refractivity contribution in [1.29, 1.82) is 0 Å². The Morgan fingerprint density at radius 1 is 1.35 bits per heavy atom. The number of amides is 1. The molecule has 2 rings (SSSR count). The zero-order valence-corrected chi connectivity index (χ0v) is 13.5. The second-order valence-corrected chi connectivity index (χ2v) is 5.81. The Labute approximate surface area is 134 Å². The molecule has 7 heteroatoms. The van der Waals surface area contributed by atoms with Crippen LogP contribution in [0.2, 0.25) is 0 Å². The summed E-state index contributed by atoms with van der Waals surface area (Å²) in [6.45, 7) is 7.02. The monoisotopic (exact) mass is 320 g/mol. The van der Waals surface area contributed by atoms with Crippen LogP contribution in [0.3, 0.4) is 0 Å². The number of benzene rings is 1. The van der Waals surface area contributed by atoms with Crippen molar-refractivity contribution in [2.24, 2.45) is 5.92 Å². The number of ether oxygens (including phenoxy) is 1. The fraction of sp³-hybridized carbons (Fsp3) is 0.438. The van der Waals surface area contributed by atoms with Crippen LogP contribution in [-0.4, -0.2) is 39.9 Å². The van der Waals surface area contributed by atoms with E-state index in [2.05, 4.69) is 29.2 Å². The van der Waals surface area contributed by atoms with Crippen LogP contribution in [0, 0.1) is 11.7 Å². The molecule has 0 unspecified atom stereocenters. The number of aromatic nitrogens is 3. The van der Waals surface area contributed by atoms with E-state index in [9.17, 15) is 9.18 Å². The van der Waals surface area contributed by atoms with Gasteiger partial charge >= 0.3 is 0 Å². The Bertz CT molecular complexity index is 644. The molecule has 1 heterocycles. The van der Waals surface area contributed by atoms with Crippen LogP contribution in [0.15, 0.2) is 30.9 Å². The summed E-state index contributed by atoms with van der Waals surface area (Å²) in [6, 6.07) is 4.09. The van der Waals surface area contributed by atoms with E-state index in [0.29, 0.717) is 19.1 Å². The lowest BCUT2D eigenvalue weighted by Gasteiger charge is -2.15. The van der Waals surface area contributed by atoms with Gasteiger partial charge in [-0.3, -0.25) is 4.79 Å². The molecule has 0 saturated heterocycles. The van der Waals surface area contributed by atoms with Gasteiger partial charge in [-0.05, 0) is 31.0 Å². The molecule has 0 aliphatic rings. The van der Waals surface area contributed by atoms with Gasteiger partial charge < -0.3 is 10.1 Å². The molecular weight excluding hydrogens is 299 g/mol. The van der Waals surface area contributed by atoms with E-state index >= 15 is 0 Å². The molecule has 1 amide bonds. The summed E-state index contributed by atoms with van der Waals surface area (Å²) in [5, 5.41) is 6.65. The number of rotatable bonds is 7. The van der Waals surface area contributed by atoms with Crippen molar-refractivity contribution in [2.75, 3.05) is 13.2 Å². The maximum atomic E-state index is 14.1. The maximum absolute atomic E-state index is 14.1. The normalized spacial score (nSPS) is 12.4. The molecular formula is C16H21FN4O2. The van der Waals surface area contributed by atoms with Gasteiger partial charge in [0.15, 0.2) is 0 Å². The van der Waals surface area contributed by atoms with Gasteiger partial charge in [-0.2, -0.15) is 5.10 Å². The Hall–Kier alpha value is -2.28. The van der Waals surface area contributed by atoms with Crippen LogP contribution >= 0.6 is 0 Å².